The molecule has 1 N–H and O–H groups in total. The lowest BCUT2D eigenvalue weighted by molar-refractivity contribution is -0.385. The molecular formula is C18H19N3O4. The lowest BCUT2D eigenvalue weighted by Crippen LogP contribution is -2.23. The van der Waals surface area contributed by atoms with Crippen LogP contribution in [0.1, 0.15) is 31.8 Å². The summed E-state index contributed by atoms with van der Waals surface area (Å²) in [4.78, 5) is 35.9. The van der Waals surface area contributed by atoms with Crippen LogP contribution >= 0.6 is 0 Å². The van der Waals surface area contributed by atoms with E-state index in [4.69, 9.17) is 0 Å². The molecule has 0 spiro atoms. The SMILES string of the molecule is Cc1ccc(C(=O)NCc2ccc(C(=O)N(C)C)cc2)cc1[N+](=O)[O-]. The summed E-state index contributed by atoms with van der Waals surface area (Å²) in [5.41, 5.74) is 2.04. The van der Waals surface area contributed by atoms with Crippen molar-refractivity contribution < 1.29 is 14.5 Å². The number of hydrogen-bond donors (Lipinski definition) is 1. The van der Waals surface area contributed by atoms with Crippen molar-refractivity contribution in [1.29, 1.82) is 0 Å². The number of hydrogen-bond acceptors (Lipinski definition) is 4. The van der Waals surface area contributed by atoms with Crippen molar-refractivity contribution in [3.05, 3.63) is 74.8 Å². The van der Waals surface area contributed by atoms with Crippen LogP contribution < -0.4 is 5.32 Å². The van der Waals surface area contributed by atoms with Crippen LogP contribution in [0.5, 0.6) is 0 Å². The summed E-state index contributed by atoms with van der Waals surface area (Å²) in [5.74, 6) is -0.487. The number of nitrogens with zero attached hydrogens (tertiary/aromatic N) is 2. The predicted octanol–water partition coefficient (Wildman–Crippen LogP) is 2.54. The first-order valence-corrected chi connectivity index (χ1v) is 7.63. The molecular weight excluding hydrogens is 322 g/mol. The molecule has 25 heavy (non-hydrogen) atoms. The van der Waals surface area contributed by atoms with Crippen LogP contribution in [0, 0.1) is 17.0 Å². The first-order chi connectivity index (χ1) is 11.8. The van der Waals surface area contributed by atoms with E-state index < -0.39 is 10.8 Å². The van der Waals surface area contributed by atoms with Gasteiger partial charge in [-0.25, -0.2) is 0 Å². The number of aryl methyl sites for hydroxylation is 1. The van der Waals surface area contributed by atoms with Gasteiger partial charge in [-0.05, 0) is 30.7 Å². The summed E-state index contributed by atoms with van der Waals surface area (Å²) in [6.45, 7) is 1.88. The Kier molecular flexibility index (Phi) is 5.49. The summed E-state index contributed by atoms with van der Waals surface area (Å²) >= 11 is 0. The van der Waals surface area contributed by atoms with E-state index in [1.165, 1.54) is 11.0 Å². The fourth-order valence-corrected chi connectivity index (χ4v) is 2.26. The number of carbonyl (C=O) groups is 2. The number of nitrogens with one attached hydrogen (secondary N) is 1. The Morgan fingerprint density at radius 3 is 2.24 bits per heavy atom. The average Bonchev–Trinajstić information content (AvgIpc) is 2.59. The summed E-state index contributed by atoms with van der Waals surface area (Å²) in [7, 11) is 3.36. The first kappa shape index (κ1) is 18.1. The molecule has 7 heteroatoms. The van der Waals surface area contributed by atoms with Gasteiger partial charge in [-0.1, -0.05) is 18.2 Å². The third kappa shape index (κ3) is 4.41. The minimum atomic E-state index is -0.507. The zero-order valence-corrected chi connectivity index (χ0v) is 14.3. The minimum absolute atomic E-state index is 0.0841. The molecule has 0 radical (unpaired) electrons. The van der Waals surface area contributed by atoms with E-state index in [1.54, 1.807) is 57.4 Å². The third-order valence-corrected chi connectivity index (χ3v) is 3.73. The van der Waals surface area contributed by atoms with Crippen LogP contribution in [0.15, 0.2) is 42.5 Å². The summed E-state index contributed by atoms with van der Waals surface area (Å²) in [5, 5.41) is 13.7. The highest BCUT2D eigenvalue weighted by atomic mass is 16.6. The minimum Gasteiger partial charge on any atom is -0.348 e. The fourth-order valence-electron chi connectivity index (χ4n) is 2.26. The lowest BCUT2D eigenvalue weighted by Gasteiger charge is -2.11. The molecule has 2 aromatic carbocycles. The fraction of sp³-hybridized carbons (Fsp3) is 0.222. The number of benzene rings is 2. The van der Waals surface area contributed by atoms with Crippen LogP contribution in [0.4, 0.5) is 5.69 Å². The predicted molar refractivity (Wildman–Crippen MR) is 93.5 cm³/mol. The molecule has 2 rings (SSSR count). The summed E-state index contributed by atoms with van der Waals surface area (Å²) in [6.07, 6.45) is 0. The van der Waals surface area contributed by atoms with Crippen LogP contribution in [0.25, 0.3) is 0 Å². The standard InChI is InChI=1S/C18H19N3O4/c1-12-4-7-15(10-16(12)21(24)25)17(22)19-11-13-5-8-14(9-6-13)18(23)20(2)3/h4-10H,11H2,1-3H3,(H,19,22). The highest BCUT2D eigenvalue weighted by Gasteiger charge is 2.15. The molecule has 0 saturated heterocycles. The molecule has 2 amide bonds. The second-order valence-electron chi connectivity index (χ2n) is 5.84. The van der Waals surface area contributed by atoms with E-state index in [2.05, 4.69) is 5.32 Å². The normalized spacial score (nSPS) is 10.2. The van der Waals surface area contributed by atoms with Crippen molar-refractivity contribution in [1.82, 2.24) is 10.2 Å². The van der Waals surface area contributed by atoms with Gasteiger partial charge in [0.15, 0.2) is 0 Å². The third-order valence-electron chi connectivity index (χ3n) is 3.73. The van der Waals surface area contributed by atoms with Gasteiger partial charge in [0.25, 0.3) is 17.5 Å². The van der Waals surface area contributed by atoms with E-state index in [0.717, 1.165) is 5.56 Å². The van der Waals surface area contributed by atoms with E-state index in [1.807, 2.05) is 0 Å². The van der Waals surface area contributed by atoms with Crippen molar-refractivity contribution in [3.8, 4) is 0 Å². The molecule has 0 saturated carbocycles. The highest BCUT2D eigenvalue weighted by molar-refractivity contribution is 5.95. The van der Waals surface area contributed by atoms with Gasteiger partial charge >= 0.3 is 0 Å². The quantitative estimate of drug-likeness (QED) is 0.668. The molecule has 0 bridgehead atoms. The largest absolute Gasteiger partial charge is 0.348 e. The van der Waals surface area contributed by atoms with Crippen LogP contribution in [0.2, 0.25) is 0 Å². The van der Waals surface area contributed by atoms with Crippen molar-refractivity contribution in [2.24, 2.45) is 0 Å². The summed E-state index contributed by atoms with van der Waals surface area (Å²) < 4.78 is 0. The van der Waals surface area contributed by atoms with Crippen LogP contribution in [0.3, 0.4) is 0 Å². The van der Waals surface area contributed by atoms with Gasteiger partial charge in [0.2, 0.25) is 0 Å². The molecule has 0 atom stereocenters. The van der Waals surface area contributed by atoms with Crippen molar-refractivity contribution in [2.75, 3.05) is 14.1 Å². The molecule has 0 heterocycles. The molecule has 0 aliphatic rings. The second-order valence-corrected chi connectivity index (χ2v) is 5.84. The summed E-state index contributed by atoms with van der Waals surface area (Å²) in [6, 6.07) is 11.3. The Hall–Kier alpha value is -3.22. The molecule has 7 nitrogen and oxygen atoms in total. The number of rotatable bonds is 5. The number of amides is 2. The number of nitro benzene ring substituents is 1. The van der Waals surface area contributed by atoms with Gasteiger partial charge in [0, 0.05) is 43.4 Å². The van der Waals surface area contributed by atoms with E-state index >= 15 is 0 Å². The van der Waals surface area contributed by atoms with Gasteiger partial charge in [0.05, 0.1) is 4.92 Å². The zero-order chi connectivity index (χ0) is 18.6. The van der Waals surface area contributed by atoms with Crippen LogP contribution in [-0.4, -0.2) is 35.7 Å². The van der Waals surface area contributed by atoms with Gasteiger partial charge in [-0.15, -0.1) is 0 Å². The van der Waals surface area contributed by atoms with Gasteiger partial charge in [-0.2, -0.15) is 0 Å². The van der Waals surface area contributed by atoms with Gasteiger partial charge < -0.3 is 10.2 Å². The average molecular weight is 341 g/mol. The monoisotopic (exact) mass is 341 g/mol. The van der Waals surface area contributed by atoms with Crippen molar-refractivity contribution in [2.45, 2.75) is 13.5 Å². The topological polar surface area (TPSA) is 92.6 Å². The molecule has 130 valence electrons. The molecule has 0 unspecified atom stereocenters. The van der Waals surface area contributed by atoms with Gasteiger partial charge in [0.1, 0.15) is 0 Å². The molecule has 0 aliphatic heterocycles. The van der Waals surface area contributed by atoms with Gasteiger partial charge in [-0.3, -0.25) is 19.7 Å². The van der Waals surface area contributed by atoms with Crippen molar-refractivity contribution >= 4 is 17.5 Å². The van der Waals surface area contributed by atoms with E-state index in [0.29, 0.717) is 11.1 Å². The molecule has 0 aliphatic carbocycles. The van der Waals surface area contributed by atoms with Crippen molar-refractivity contribution in [3.63, 3.8) is 0 Å². The molecule has 0 fully saturated rings. The highest BCUT2D eigenvalue weighted by Crippen LogP contribution is 2.19. The Morgan fingerprint density at radius 1 is 1.08 bits per heavy atom. The Labute approximate surface area is 145 Å². The smallest absolute Gasteiger partial charge is 0.273 e. The first-order valence-electron chi connectivity index (χ1n) is 7.63. The number of carbonyl (C=O) groups excluding carboxylic acids is 2. The van der Waals surface area contributed by atoms with E-state index in [-0.39, 0.29) is 23.7 Å². The maximum absolute atomic E-state index is 12.2. The Bertz CT molecular complexity index is 814. The maximum atomic E-state index is 12.2. The Morgan fingerprint density at radius 2 is 1.68 bits per heavy atom. The van der Waals surface area contributed by atoms with Crippen LogP contribution in [-0.2, 0) is 6.54 Å². The number of nitro groups is 1. The van der Waals surface area contributed by atoms with E-state index in [9.17, 15) is 19.7 Å². The second kappa shape index (κ2) is 7.57. The zero-order valence-electron chi connectivity index (χ0n) is 14.3. The molecule has 0 aromatic heterocycles. The lowest BCUT2D eigenvalue weighted by atomic mass is 10.1. The Balaban J connectivity index is 2.04. The maximum Gasteiger partial charge on any atom is 0.273 e. The molecule has 2 aromatic rings.